The third-order valence-corrected chi connectivity index (χ3v) is 4.09. The molecule has 2 rings (SSSR count). The van der Waals surface area contributed by atoms with Crippen molar-refractivity contribution in [1.29, 1.82) is 0 Å². The number of aromatic nitrogens is 2. The van der Waals surface area contributed by atoms with Gasteiger partial charge in [0.2, 0.25) is 5.91 Å². The Balaban J connectivity index is 1.86. The highest BCUT2D eigenvalue weighted by Crippen LogP contribution is 2.30. The minimum atomic E-state index is -0.299. The molecule has 0 aromatic carbocycles. The summed E-state index contributed by atoms with van der Waals surface area (Å²) in [7, 11) is 0. The number of allylic oxidation sites excluding steroid dienone is 1. The molecule has 2 atom stereocenters. The number of hydrogen-bond acceptors (Lipinski definition) is 3. The average Bonchev–Trinajstić information content (AvgIpc) is 2.84. The summed E-state index contributed by atoms with van der Waals surface area (Å²) in [5, 5.41) is 7.79. The van der Waals surface area contributed by atoms with Gasteiger partial charge in [0.1, 0.15) is 5.82 Å². The van der Waals surface area contributed by atoms with Crippen molar-refractivity contribution in [2.75, 3.05) is 11.9 Å². The van der Waals surface area contributed by atoms with Crippen LogP contribution in [0.5, 0.6) is 0 Å². The molecule has 3 N–H and O–H groups in total. The number of primary amides is 1. The van der Waals surface area contributed by atoms with E-state index in [-0.39, 0.29) is 5.91 Å². The predicted molar refractivity (Wildman–Crippen MR) is 80.2 cm³/mol. The molecule has 0 saturated carbocycles. The molecule has 1 aromatic rings. The van der Waals surface area contributed by atoms with Crippen molar-refractivity contribution in [3.05, 3.63) is 23.9 Å². The van der Waals surface area contributed by atoms with Crippen LogP contribution in [0, 0.1) is 11.8 Å². The first-order chi connectivity index (χ1) is 9.56. The second-order valence-corrected chi connectivity index (χ2v) is 5.67. The molecule has 0 unspecified atom stereocenters. The van der Waals surface area contributed by atoms with E-state index < -0.39 is 0 Å². The summed E-state index contributed by atoms with van der Waals surface area (Å²) in [6.07, 6.45) is 7.00. The highest BCUT2D eigenvalue weighted by molar-refractivity contribution is 5.73. The predicted octanol–water partition coefficient (Wildman–Crippen LogP) is 2.16. The zero-order chi connectivity index (χ0) is 14.5. The lowest BCUT2D eigenvalue weighted by Gasteiger charge is -2.28. The number of rotatable bonds is 6. The van der Waals surface area contributed by atoms with Crippen molar-refractivity contribution in [3.63, 3.8) is 0 Å². The first kappa shape index (κ1) is 14.6. The van der Waals surface area contributed by atoms with Gasteiger partial charge in [0.05, 0.1) is 0 Å². The maximum Gasteiger partial charge on any atom is 0.219 e. The van der Waals surface area contributed by atoms with Crippen molar-refractivity contribution < 1.29 is 4.79 Å². The van der Waals surface area contributed by atoms with Gasteiger partial charge in [0.15, 0.2) is 0 Å². The Bertz CT molecular complexity index is 492. The van der Waals surface area contributed by atoms with Crippen LogP contribution in [0.15, 0.2) is 23.9 Å². The fourth-order valence-corrected chi connectivity index (χ4v) is 2.76. The van der Waals surface area contributed by atoms with E-state index in [2.05, 4.69) is 30.3 Å². The van der Waals surface area contributed by atoms with Crippen LogP contribution < -0.4 is 11.1 Å². The lowest BCUT2D eigenvalue weighted by molar-refractivity contribution is -0.118. The number of nitrogens with one attached hydrogen (secondary N) is 1. The molecule has 1 aromatic heterocycles. The van der Waals surface area contributed by atoms with Crippen LogP contribution in [0.1, 0.15) is 33.1 Å². The second kappa shape index (κ2) is 6.59. The van der Waals surface area contributed by atoms with E-state index >= 15 is 0 Å². The molecule has 1 aliphatic carbocycles. The number of amides is 1. The largest absolute Gasteiger partial charge is 0.370 e. The fourth-order valence-electron chi connectivity index (χ4n) is 2.76. The van der Waals surface area contributed by atoms with Gasteiger partial charge in [0, 0.05) is 31.8 Å². The van der Waals surface area contributed by atoms with Crippen LogP contribution in [0.3, 0.4) is 0 Å². The Morgan fingerprint density at radius 1 is 1.60 bits per heavy atom. The lowest BCUT2D eigenvalue weighted by atomic mass is 9.80. The van der Waals surface area contributed by atoms with E-state index in [0.717, 1.165) is 12.4 Å². The third kappa shape index (κ3) is 3.85. The molecule has 1 heterocycles. The Hall–Kier alpha value is -1.78. The van der Waals surface area contributed by atoms with Crippen LogP contribution in [-0.2, 0) is 11.3 Å². The quantitative estimate of drug-likeness (QED) is 0.782. The Labute approximate surface area is 120 Å². The molecule has 1 aliphatic rings. The highest BCUT2D eigenvalue weighted by Gasteiger charge is 2.21. The number of nitrogens with two attached hydrogens (primary N) is 1. The third-order valence-electron chi connectivity index (χ3n) is 4.09. The van der Waals surface area contributed by atoms with Crippen LogP contribution in [-0.4, -0.2) is 22.2 Å². The molecule has 20 heavy (non-hydrogen) atoms. The van der Waals surface area contributed by atoms with Crippen molar-refractivity contribution in [2.24, 2.45) is 17.6 Å². The Kier molecular flexibility index (Phi) is 4.82. The first-order valence-electron chi connectivity index (χ1n) is 7.28. The summed E-state index contributed by atoms with van der Waals surface area (Å²) >= 11 is 0. The van der Waals surface area contributed by atoms with Crippen molar-refractivity contribution in [1.82, 2.24) is 9.78 Å². The summed E-state index contributed by atoms with van der Waals surface area (Å²) in [4.78, 5) is 10.7. The van der Waals surface area contributed by atoms with E-state index in [0.29, 0.717) is 24.8 Å². The molecule has 0 bridgehead atoms. The molecule has 5 heteroatoms. The van der Waals surface area contributed by atoms with Crippen molar-refractivity contribution >= 4 is 11.7 Å². The number of aryl methyl sites for hydroxylation is 1. The van der Waals surface area contributed by atoms with Gasteiger partial charge in [-0.3, -0.25) is 9.48 Å². The van der Waals surface area contributed by atoms with Gasteiger partial charge in [-0.1, -0.05) is 18.6 Å². The minimum absolute atomic E-state index is 0.299. The molecular formula is C15H24N4O. The van der Waals surface area contributed by atoms with Gasteiger partial charge in [0.25, 0.3) is 0 Å². The average molecular weight is 276 g/mol. The number of carbonyl (C=O) groups is 1. The zero-order valence-corrected chi connectivity index (χ0v) is 12.3. The van der Waals surface area contributed by atoms with Crippen LogP contribution in [0.25, 0.3) is 0 Å². The van der Waals surface area contributed by atoms with Crippen LogP contribution in [0.4, 0.5) is 5.82 Å². The monoisotopic (exact) mass is 276 g/mol. The highest BCUT2D eigenvalue weighted by atomic mass is 16.1. The van der Waals surface area contributed by atoms with E-state index in [1.165, 1.54) is 18.4 Å². The Morgan fingerprint density at radius 2 is 2.40 bits per heavy atom. The summed E-state index contributed by atoms with van der Waals surface area (Å²) in [6.45, 7) is 5.98. The van der Waals surface area contributed by atoms with Gasteiger partial charge in [-0.2, -0.15) is 5.10 Å². The standard InChI is InChI=1S/C15H24N4O/c1-11-4-3-5-12(2)13(11)10-17-15-7-9-19(18-15)8-6-14(16)20/h4,7,9,12-13H,3,5-6,8,10H2,1-2H3,(H2,16,20)(H,17,18)/t12-,13+/m0/s1. The number of carbonyl (C=O) groups excluding carboxylic acids is 1. The molecule has 0 fully saturated rings. The minimum Gasteiger partial charge on any atom is -0.370 e. The molecule has 0 saturated heterocycles. The van der Waals surface area contributed by atoms with Gasteiger partial charge in [-0.05, 0) is 31.6 Å². The summed E-state index contributed by atoms with van der Waals surface area (Å²) in [5.74, 6) is 1.86. The van der Waals surface area contributed by atoms with E-state index in [9.17, 15) is 4.79 Å². The second-order valence-electron chi connectivity index (χ2n) is 5.67. The maximum atomic E-state index is 10.7. The molecule has 0 aliphatic heterocycles. The molecule has 110 valence electrons. The zero-order valence-electron chi connectivity index (χ0n) is 12.3. The normalized spacial score (nSPS) is 22.4. The number of anilines is 1. The van der Waals surface area contributed by atoms with Crippen LogP contribution in [0.2, 0.25) is 0 Å². The van der Waals surface area contributed by atoms with Gasteiger partial charge < -0.3 is 11.1 Å². The van der Waals surface area contributed by atoms with Crippen molar-refractivity contribution in [2.45, 2.75) is 39.7 Å². The number of nitrogens with zero attached hydrogens (tertiary/aromatic N) is 2. The lowest BCUT2D eigenvalue weighted by Crippen LogP contribution is -2.25. The van der Waals surface area contributed by atoms with Gasteiger partial charge >= 0.3 is 0 Å². The number of hydrogen-bond donors (Lipinski definition) is 2. The Morgan fingerprint density at radius 3 is 3.10 bits per heavy atom. The van der Waals surface area contributed by atoms with Crippen LogP contribution >= 0.6 is 0 Å². The maximum absolute atomic E-state index is 10.7. The topological polar surface area (TPSA) is 72.9 Å². The summed E-state index contributed by atoms with van der Waals surface area (Å²) < 4.78 is 1.75. The molecule has 0 spiro atoms. The first-order valence-corrected chi connectivity index (χ1v) is 7.28. The molecule has 0 radical (unpaired) electrons. The summed E-state index contributed by atoms with van der Waals surface area (Å²) in [5.41, 5.74) is 6.61. The SMILES string of the molecule is CC1=CCC[C@H](C)[C@@H]1CNc1ccn(CCC(N)=O)n1. The van der Waals surface area contributed by atoms with Gasteiger partial charge in [-0.15, -0.1) is 0 Å². The van der Waals surface area contributed by atoms with E-state index in [4.69, 9.17) is 5.73 Å². The fraction of sp³-hybridized carbons (Fsp3) is 0.600. The molecule has 5 nitrogen and oxygen atoms in total. The van der Waals surface area contributed by atoms with Crippen molar-refractivity contribution in [3.8, 4) is 0 Å². The molecular weight excluding hydrogens is 252 g/mol. The molecule has 1 amide bonds. The van der Waals surface area contributed by atoms with Gasteiger partial charge in [-0.25, -0.2) is 0 Å². The smallest absolute Gasteiger partial charge is 0.219 e. The van der Waals surface area contributed by atoms with E-state index in [1.807, 2.05) is 12.3 Å². The van der Waals surface area contributed by atoms with E-state index in [1.54, 1.807) is 4.68 Å². The summed E-state index contributed by atoms with van der Waals surface area (Å²) in [6, 6.07) is 1.94.